The van der Waals surface area contributed by atoms with Crippen LogP contribution in [-0.4, -0.2) is 29.6 Å². The van der Waals surface area contributed by atoms with Crippen LogP contribution in [0.15, 0.2) is 30.3 Å². The van der Waals surface area contributed by atoms with Gasteiger partial charge in [0.2, 0.25) is 0 Å². The summed E-state index contributed by atoms with van der Waals surface area (Å²) in [7, 11) is 0. The fourth-order valence-corrected chi connectivity index (χ4v) is 2.82. The summed E-state index contributed by atoms with van der Waals surface area (Å²) in [5.41, 5.74) is 1.34. The SMILES string of the molecule is CC(=O)OC1CCN(Cc2ccccc2)C(C)C1C. The second-order valence-corrected chi connectivity index (χ2v) is 5.49. The van der Waals surface area contributed by atoms with E-state index in [1.807, 2.05) is 6.07 Å². The number of esters is 1. The van der Waals surface area contributed by atoms with Crippen molar-refractivity contribution in [2.24, 2.45) is 5.92 Å². The molecule has 0 N–H and O–H groups in total. The lowest BCUT2D eigenvalue weighted by Crippen LogP contribution is -2.49. The van der Waals surface area contributed by atoms with Crippen molar-refractivity contribution in [3.05, 3.63) is 35.9 Å². The van der Waals surface area contributed by atoms with Crippen LogP contribution in [0.5, 0.6) is 0 Å². The van der Waals surface area contributed by atoms with E-state index >= 15 is 0 Å². The number of rotatable bonds is 3. The van der Waals surface area contributed by atoms with Crippen LogP contribution < -0.4 is 0 Å². The van der Waals surface area contributed by atoms with Crippen LogP contribution in [0, 0.1) is 5.92 Å². The van der Waals surface area contributed by atoms with Crippen LogP contribution >= 0.6 is 0 Å². The van der Waals surface area contributed by atoms with Crippen molar-refractivity contribution in [2.75, 3.05) is 6.54 Å². The minimum absolute atomic E-state index is 0.0690. The lowest BCUT2D eigenvalue weighted by molar-refractivity contribution is -0.153. The van der Waals surface area contributed by atoms with Gasteiger partial charge in [-0.25, -0.2) is 0 Å². The monoisotopic (exact) mass is 261 g/mol. The first kappa shape index (κ1) is 14.1. The molecule has 19 heavy (non-hydrogen) atoms. The van der Waals surface area contributed by atoms with Crippen molar-refractivity contribution in [3.63, 3.8) is 0 Å². The Labute approximate surface area is 115 Å². The Balaban J connectivity index is 1.97. The summed E-state index contributed by atoms with van der Waals surface area (Å²) in [6.45, 7) is 7.85. The van der Waals surface area contributed by atoms with Gasteiger partial charge in [0.05, 0.1) is 0 Å². The molecule has 1 aliphatic rings. The van der Waals surface area contributed by atoms with Gasteiger partial charge in [0.1, 0.15) is 6.10 Å². The van der Waals surface area contributed by atoms with Gasteiger partial charge >= 0.3 is 5.97 Å². The van der Waals surface area contributed by atoms with Gasteiger partial charge in [-0.05, 0) is 18.9 Å². The fraction of sp³-hybridized carbons (Fsp3) is 0.562. The number of hydrogen-bond donors (Lipinski definition) is 0. The zero-order chi connectivity index (χ0) is 13.8. The molecule has 0 spiro atoms. The molecule has 1 aliphatic heterocycles. The highest BCUT2D eigenvalue weighted by molar-refractivity contribution is 5.66. The number of hydrogen-bond acceptors (Lipinski definition) is 3. The number of benzene rings is 1. The largest absolute Gasteiger partial charge is 0.462 e. The third kappa shape index (κ3) is 3.57. The van der Waals surface area contributed by atoms with Gasteiger partial charge in [0, 0.05) is 32.0 Å². The molecule has 0 aliphatic carbocycles. The van der Waals surface area contributed by atoms with E-state index in [-0.39, 0.29) is 12.1 Å². The number of likely N-dealkylation sites (tertiary alicyclic amines) is 1. The molecule has 1 fully saturated rings. The van der Waals surface area contributed by atoms with Crippen LogP contribution in [0.1, 0.15) is 32.8 Å². The Morgan fingerprint density at radius 2 is 2.00 bits per heavy atom. The molecule has 3 heteroatoms. The Kier molecular flexibility index (Phi) is 4.59. The van der Waals surface area contributed by atoms with Crippen molar-refractivity contribution in [2.45, 2.75) is 45.9 Å². The quantitative estimate of drug-likeness (QED) is 0.784. The van der Waals surface area contributed by atoms with Gasteiger partial charge in [-0.2, -0.15) is 0 Å². The third-order valence-corrected chi connectivity index (χ3v) is 4.17. The summed E-state index contributed by atoms with van der Waals surface area (Å²) in [6, 6.07) is 11.0. The van der Waals surface area contributed by atoms with E-state index in [2.05, 4.69) is 43.0 Å². The summed E-state index contributed by atoms with van der Waals surface area (Å²) in [5, 5.41) is 0. The summed E-state index contributed by atoms with van der Waals surface area (Å²) >= 11 is 0. The maximum Gasteiger partial charge on any atom is 0.302 e. The maximum absolute atomic E-state index is 11.1. The second kappa shape index (κ2) is 6.20. The van der Waals surface area contributed by atoms with Gasteiger partial charge in [-0.1, -0.05) is 37.3 Å². The van der Waals surface area contributed by atoms with E-state index < -0.39 is 0 Å². The molecule has 104 valence electrons. The molecule has 0 aromatic heterocycles. The molecule has 1 aromatic rings. The summed E-state index contributed by atoms with van der Waals surface area (Å²) in [5.74, 6) is 0.210. The van der Waals surface area contributed by atoms with Crippen molar-refractivity contribution >= 4 is 5.97 Å². The van der Waals surface area contributed by atoms with E-state index in [9.17, 15) is 4.79 Å². The maximum atomic E-state index is 11.1. The normalized spacial score (nSPS) is 28.1. The Morgan fingerprint density at radius 3 is 2.63 bits per heavy atom. The minimum Gasteiger partial charge on any atom is -0.462 e. The van der Waals surface area contributed by atoms with Gasteiger partial charge < -0.3 is 4.74 Å². The first-order valence-corrected chi connectivity index (χ1v) is 7.03. The Bertz CT molecular complexity index is 418. The molecular formula is C16H23NO2. The first-order valence-electron chi connectivity index (χ1n) is 7.03. The zero-order valence-corrected chi connectivity index (χ0v) is 12.0. The number of nitrogens with zero attached hydrogens (tertiary/aromatic N) is 1. The molecule has 0 radical (unpaired) electrons. The highest BCUT2D eigenvalue weighted by atomic mass is 16.5. The second-order valence-electron chi connectivity index (χ2n) is 5.49. The van der Waals surface area contributed by atoms with E-state index in [0.717, 1.165) is 19.5 Å². The van der Waals surface area contributed by atoms with Crippen molar-refractivity contribution in [1.82, 2.24) is 4.90 Å². The van der Waals surface area contributed by atoms with Crippen LogP contribution in [0.3, 0.4) is 0 Å². The van der Waals surface area contributed by atoms with Crippen LogP contribution in [0.2, 0.25) is 0 Å². The minimum atomic E-state index is -0.166. The van der Waals surface area contributed by atoms with Gasteiger partial charge in [0.15, 0.2) is 0 Å². The molecule has 2 rings (SSSR count). The van der Waals surface area contributed by atoms with E-state index in [1.165, 1.54) is 12.5 Å². The molecule has 3 atom stereocenters. The lowest BCUT2D eigenvalue weighted by Gasteiger charge is -2.42. The summed E-state index contributed by atoms with van der Waals surface area (Å²) in [4.78, 5) is 13.6. The molecule has 1 heterocycles. The molecule has 3 unspecified atom stereocenters. The molecule has 1 aromatic carbocycles. The van der Waals surface area contributed by atoms with Crippen LogP contribution in [0.25, 0.3) is 0 Å². The standard InChI is InChI=1S/C16H23NO2/c1-12-13(2)17(10-9-16(12)19-14(3)18)11-15-7-5-4-6-8-15/h4-8,12-13,16H,9-11H2,1-3H3. The Morgan fingerprint density at radius 1 is 1.32 bits per heavy atom. The molecular weight excluding hydrogens is 238 g/mol. The molecule has 0 bridgehead atoms. The Hall–Kier alpha value is -1.35. The predicted molar refractivity (Wildman–Crippen MR) is 75.6 cm³/mol. The number of carbonyl (C=O) groups excluding carboxylic acids is 1. The van der Waals surface area contributed by atoms with Gasteiger partial charge in [-0.15, -0.1) is 0 Å². The zero-order valence-electron chi connectivity index (χ0n) is 12.0. The number of ether oxygens (including phenoxy) is 1. The lowest BCUT2D eigenvalue weighted by atomic mass is 9.88. The van der Waals surface area contributed by atoms with Gasteiger partial charge in [-0.3, -0.25) is 9.69 Å². The smallest absolute Gasteiger partial charge is 0.302 e. The fourth-order valence-electron chi connectivity index (χ4n) is 2.82. The highest BCUT2D eigenvalue weighted by Gasteiger charge is 2.34. The average molecular weight is 261 g/mol. The number of piperidine rings is 1. The highest BCUT2D eigenvalue weighted by Crippen LogP contribution is 2.27. The van der Waals surface area contributed by atoms with Crippen LogP contribution in [0.4, 0.5) is 0 Å². The van der Waals surface area contributed by atoms with E-state index in [0.29, 0.717) is 12.0 Å². The molecule has 3 nitrogen and oxygen atoms in total. The molecule has 1 saturated heterocycles. The number of carbonyl (C=O) groups is 1. The van der Waals surface area contributed by atoms with Crippen LogP contribution in [-0.2, 0) is 16.1 Å². The topological polar surface area (TPSA) is 29.5 Å². The van der Waals surface area contributed by atoms with E-state index in [1.54, 1.807) is 0 Å². The summed E-state index contributed by atoms with van der Waals surface area (Å²) < 4.78 is 5.41. The van der Waals surface area contributed by atoms with Crippen molar-refractivity contribution < 1.29 is 9.53 Å². The summed E-state index contributed by atoms with van der Waals surface area (Å²) in [6.07, 6.45) is 0.997. The third-order valence-electron chi connectivity index (χ3n) is 4.17. The molecule has 0 amide bonds. The van der Waals surface area contributed by atoms with E-state index in [4.69, 9.17) is 4.74 Å². The predicted octanol–water partition coefficient (Wildman–Crippen LogP) is 2.85. The van der Waals surface area contributed by atoms with Crippen molar-refractivity contribution in [1.29, 1.82) is 0 Å². The van der Waals surface area contributed by atoms with Crippen molar-refractivity contribution in [3.8, 4) is 0 Å². The average Bonchev–Trinajstić information content (AvgIpc) is 2.39. The molecule has 0 saturated carbocycles. The first-order chi connectivity index (χ1) is 9.08. The van der Waals surface area contributed by atoms with Gasteiger partial charge in [0.25, 0.3) is 0 Å².